The topological polar surface area (TPSA) is 12.0 Å². The molecule has 0 saturated heterocycles. The highest BCUT2D eigenvalue weighted by Crippen LogP contribution is 1.96. The molecule has 1 nitrogen and oxygen atoms in total. The van der Waals surface area contributed by atoms with Crippen LogP contribution in [-0.2, 0) is 6.54 Å². The van der Waals surface area contributed by atoms with Crippen LogP contribution < -0.4 is 5.32 Å². The number of nitrogens with one attached hydrogen (secondary N) is 1. The van der Waals surface area contributed by atoms with Gasteiger partial charge in [-0.3, -0.25) is 0 Å². The van der Waals surface area contributed by atoms with Crippen LogP contribution in [-0.4, -0.2) is 12.3 Å². The third-order valence-corrected chi connectivity index (χ3v) is 1.65. The molecular weight excluding hydrogens is 154 g/mol. The summed E-state index contributed by atoms with van der Waals surface area (Å²) in [6, 6.07) is 10.3. The monoisotopic (exact) mass is 166 g/mol. The van der Waals surface area contributed by atoms with Gasteiger partial charge in [-0.05, 0) is 5.56 Å². The molecular formula is C9H12NS. The van der Waals surface area contributed by atoms with Gasteiger partial charge in [0.05, 0.1) is 0 Å². The van der Waals surface area contributed by atoms with Crippen molar-refractivity contribution in [3.05, 3.63) is 35.9 Å². The van der Waals surface area contributed by atoms with Crippen molar-refractivity contribution in [2.24, 2.45) is 0 Å². The molecule has 0 amide bonds. The van der Waals surface area contributed by atoms with E-state index in [0.717, 1.165) is 18.8 Å². The molecule has 0 saturated carbocycles. The summed E-state index contributed by atoms with van der Waals surface area (Å²) < 4.78 is 0. The Hall–Kier alpha value is -0.470. The molecule has 1 radical (unpaired) electrons. The van der Waals surface area contributed by atoms with Gasteiger partial charge in [-0.2, -0.15) is 0 Å². The molecule has 59 valence electrons. The van der Waals surface area contributed by atoms with Gasteiger partial charge in [0, 0.05) is 18.8 Å². The van der Waals surface area contributed by atoms with Crippen molar-refractivity contribution in [1.29, 1.82) is 0 Å². The van der Waals surface area contributed by atoms with Gasteiger partial charge in [0.15, 0.2) is 0 Å². The van der Waals surface area contributed by atoms with Crippen molar-refractivity contribution in [3.63, 3.8) is 0 Å². The van der Waals surface area contributed by atoms with Gasteiger partial charge >= 0.3 is 0 Å². The first-order chi connectivity index (χ1) is 5.43. The second-order valence-corrected chi connectivity index (χ2v) is 2.77. The summed E-state index contributed by atoms with van der Waals surface area (Å²) in [6.45, 7) is 1.85. The van der Waals surface area contributed by atoms with Crippen LogP contribution >= 0.6 is 12.6 Å². The van der Waals surface area contributed by atoms with Crippen molar-refractivity contribution in [2.45, 2.75) is 6.54 Å². The van der Waals surface area contributed by atoms with Crippen LogP contribution in [0.1, 0.15) is 5.56 Å². The average molecular weight is 166 g/mol. The van der Waals surface area contributed by atoms with Crippen molar-refractivity contribution >= 4 is 12.6 Å². The summed E-state index contributed by atoms with van der Waals surface area (Å²) in [4.78, 5) is 0. The smallest absolute Gasteiger partial charge is 0.0205 e. The first-order valence-corrected chi connectivity index (χ1v) is 4.34. The van der Waals surface area contributed by atoms with E-state index >= 15 is 0 Å². The minimum Gasteiger partial charge on any atom is -0.312 e. The van der Waals surface area contributed by atoms with E-state index in [4.69, 9.17) is 12.6 Å². The minimum absolute atomic E-state index is 0.785. The summed E-state index contributed by atoms with van der Waals surface area (Å²) >= 11 is 4.80. The molecule has 0 fully saturated rings. The molecule has 0 heterocycles. The standard InChI is InChI=1S/C9H12NS/c11-7-6-10-8-9-4-2-1-3-5-9/h1-5,10H,6-8H2. The molecule has 1 aromatic rings. The van der Waals surface area contributed by atoms with Gasteiger partial charge in [-0.25, -0.2) is 0 Å². The van der Waals surface area contributed by atoms with E-state index in [1.165, 1.54) is 5.56 Å². The third-order valence-electron chi connectivity index (χ3n) is 1.45. The highest BCUT2D eigenvalue weighted by Gasteiger charge is 1.87. The van der Waals surface area contributed by atoms with Gasteiger partial charge in [0.2, 0.25) is 0 Å². The van der Waals surface area contributed by atoms with E-state index in [1.54, 1.807) is 0 Å². The van der Waals surface area contributed by atoms with Crippen LogP contribution in [0.25, 0.3) is 0 Å². The maximum Gasteiger partial charge on any atom is 0.0205 e. The lowest BCUT2D eigenvalue weighted by Gasteiger charge is -2.00. The second-order valence-electron chi connectivity index (χ2n) is 2.37. The van der Waals surface area contributed by atoms with Gasteiger partial charge in [0.25, 0.3) is 0 Å². The van der Waals surface area contributed by atoms with Gasteiger partial charge in [-0.15, -0.1) is 0 Å². The highest BCUT2D eigenvalue weighted by atomic mass is 32.1. The normalized spacial score (nSPS) is 9.91. The van der Waals surface area contributed by atoms with E-state index in [0.29, 0.717) is 0 Å². The second kappa shape index (κ2) is 5.22. The fourth-order valence-corrected chi connectivity index (χ4v) is 1.05. The zero-order valence-electron chi connectivity index (χ0n) is 6.42. The quantitative estimate of drug-likeness (QED) is 0.674. The van der Waals surface area contributed by atoms with E-state index in [9.17, 15) is 0 Å². The van der Waals surface area contributed by atoms with Crippen molar-refractivity contribution < 1.29 is 0 Å². The first kappa shape index (κ1) is 8.62. The Bertz CT molecular complexity index is 186. The van der Waals surface area contributed by atoms with Crippen LogP contribution in [0.4, 0.5) is 0 Å². The molecule has 0 aromatic heterocycles. The number of hydrogen-bond acceptors (Lipinski definition) is 1. The summed E-state index contributed by atoms with van der Waals surface area (Å²) in [5, 5.41) is 3.25. The fraction of sp³-hybridized carbons (Fsp3) is 0.333. The molecule has 0 atom stereocenters. The third kappa shape index (κ3) is 3.44. The van der Waals surface area contributed by atoms with Crippen molar-refractivity contribution in [2.75, 3.05) is 12.3 Å². The summed E-state index contributed by atoms with van der Waals surface area (Å²) in [5.41, 5.74) is 1.32. The molecule has 1 rings (SSSR count). The Labute approximate surface area is 73.2 Å². The number of rotatable bonds is 4. The zero-order valence-corrected chi connectivity index (χ0v) is 7.23. The molecule has 2 heteroatoms. The Kier molecular flexibility index (Phi) is 4.09. The molecule has 1 aromatic carbocycles. The Morgan fingerprint density at radius 2 is 1.91 bits per heavy atom. The van der Waals surface area contributed by atoms with Crippen LogP contribution in [0.3, 0.4) is 0 Å². The van der Waals surface area contributed by atoms with Crippen LogP contribution in [0.2, 0.25) is 0 Å². The predicted octanol–water partition coefficient (Wildman–Crippen LogP) is 1.97. The van der Waals surface area contributed by atoms with Gasteiger partial charge in [-0.1, -0.05) is 43.0 Å². The van der Waals surface area contributed by atoms with Gasteiger partial charge in [0.1, 0.15) is 0 Å². The summed E-state index contributed by atoms with van der Waals surface area (Å²) in [6.07, 6.45) is 0. The molecule has 1 N–H and O–H groups in total. The van der Waals surface area contributed by atoms with E-state index in [-0.39, 0.29) is 0 Å². The predicted molar refractivity (Wildman–Crippen MR) is 50.6 cm³/mol. The molecule has 11 heavy (non-hydrogen) atoms. The lowest BCUT2D eigenvalue weighted by Crippen LogP contribution is -2.15. The maximum atomic E-state index is 4.80. The molecule has 0 bridgehead atoms. The van der Waals surface area contributed by atoms with E-state index < -0.39 is 0 Å². The summed E-state index contributed by atoms with van der Waals surface area (Å²) in [5.74, 6) is 0.785. The van der Waals surface area contributed by atoms with Crippen molar-refractivity contribution in [1.82, 2.24) is 5.32 Å². The Morgan fingerprint density at radius 1 is 1.18 bits per heavy atom. The molecule has 0 aliphatic rings. The minimum atomic E-state index is 0.785. The van der Waals surface area contributed by atoms with Crippen LogP contribution in [0.15, 0.2) is 30.3 Å². The lowest BCUT2D eigenvalue weighted by molar-refractivity contribution is 0.733. The molecule has 0 unspecified atom stereocenters. The average Bonchev–Trinajstić information content (AvgIpc) is 2.07. The maximum absolute atomic E-state index is 4.80. The summed E-state index contributed by atoms with van der Waals surface area (Å²) in [7, 11) is 0. The number of hydrogen-bond donors (Lipinski definition) is 1. The molecule has 0 spiro atoms. The Morgan fingerprint density at radius 3 is 2.55 bits per heavy atom. The van der Waals surface area contributed by atoms with Crippen LogP contribution in [0, 0.1) is 0 Å². The lowest BCUT2D eigenvalue weighted by atomic mass is 10.2. The van der Waals surface area contributed by atoms with Crippen molar-refractivity contribution in [3.8, 4) is 0 Å². The zero-order chi connectivity index (χ0) is 7.94. The Balaban J connectivity index is 2.28. The van der Waals surface area contributed by atoms with E-state index in [2.05, 4.69) is 17.4 Å². The fourth-order valence-electron chi connectivity index (χ4n) is 0.901. The molecule has 0 aliphatic heterocycles. The molecule has 0 aliphatic carbocycles. The highest BCUT2D eigenvalue weighted by molar-refractivity contribution is 7.80. The van der Waals surface area contributed by atoms with E-state index in [1.807, 2.05) is 18.2 Å². The van der Waals surface area contributed by atoms with Crippen LogP contribution in [0.5, 0.6) is 0 Å². The van der Waals surface area contributed by atoms with Gasteiger partial charge < -0.3 is 5.32 Å². The largest absolute Gasteiger partial charge is 0.312 e. The first-order valence-electron chi connectivity index (χ1n) is 3.76. The SMILES string of the molecule is [S]CCNCc1ccccc1. The number of benzene rings is 1.